The average molecular weight is 296 g/mol. The van der Waals surface area contributed by atoms with E-state index < -0.39 is 0 Å². The Bertz CT molecular complexity index is 442. The van der Waals surface area contributed by atoms with Gasteiger partial charge in [0, 0.05) is 26.7 Å². The first kappa shape index (κ1) is 16.2. The predicted molar refractivity (Wildman–Crippen MR) is 82.2 cm³/mol. The Morgan fingerprint density at radius 1 is 1.48 bits per heavy atom. The first-order valence-electron chi connectivity index (χ1n) is 7.59. The fraction of sp³-hybridized carbons (Fsp3) is 0.625. The van der Waals surface area contributed by atoms with Crippen molar-refractivity contribution < 1.29 is 13.9 Å². The number of anilines is 1. The van der Waals surface area contributed by atoms with Crippen molar-refractivity contribution in [3.05, 3.63) is 29.6 Å². The van der Waals surface area contributed by atoms with Crippen LogP contribution in [-0.2, 0) is 16.0 Å². The van der Waals surface area contributed by atoms with Crippen molar-refractivity contribution in [2.45, 2.75) is 25.9 Å². The van der Waals surface area contributed by atoms with Crippen LogP contribution in [0, 0.1) is 5.82 Å². The number of nitrogens with zero attached hydrogens (tertiary/aromatic N) is 1. The van der Waals surface area contributed by atoms with Gasteiger partial charge in [0.05, 0.1) is 31.5 Å². The summed E-state index contributed by atoms with van der Waals surface area (Å²) in [6, 6.07) is 5.54. The van der Waals surface area contributed by atoms with Crippen LogP contribution in [0.2, 0.25) is 0 Å². The molecule has 0 aromatic heterocycles. The van der Waals surface area contributed by atoms with Crippen LogP contribution in [0.15, 0.2) is 18.2 Å². The van der Waals surface area contributed by atoms with E-state index in [1.54, 1.807) is 13.2 Å². The second kappa shape index (κ2) is 8.32. The molecule has 1 saturated heterocycles. The Hall–Kier alpha value is -1.17. The molecule has 2 rings (SSSR count). The molecule has 1 atom stereocenters. The molecule has 5 heteroatoms. The molecule has 0 saturated carbocycles. The molecule has 4 nitrogen and oxygen atoms in total. The summed E-state index contributed by atoms with van der Waals surface area (Å²) in [4.78, 5) is 2.16. The smallest absolute Gasteiger partial charge is 0.146 e. The number of halogens is 1. The van der Waals surface area contributed by atoms with Crippen LogP contribution in [0.4, 0.5) is 10.1 Å². The minimum absolute atomic E-state index is 0.151. The van der Waals surface area contributed by atoms with Gasteiger partial charge in [-0.15, -0.1) is 0 Å². The largest absolute Gasteiger partial charge is 0.383 e. The van der Waals surface area contributed by atoms with Crippen molar-refractivity contribution in [3.8, 4) is 0 Å². The molecule has 0 amide bonds. The van der Waals surface area contributed by atoms with E-state index in [2.05, 4.69) is 17.1 Å². The number of para-hydroxylation sites is 1. The third-order valence-corrected chi connectivity index (χ3v) is 3.85. The molecule has 118 valence electrons. The zero-order valence-electron chi connectivity index (χ0n) is 12.9. The van der Waals surface area contributed by atoms with Crippen molar-refractivity contribution in [1.29, 1.82) is 0 Å². The highest BCUT2D eigenvalue weighted by Crippen LogP contribution is 2.28. The zero-order chi connectivity index (χ0) is 15.1. The van der Waals surface area contributed by atoms with E-state index in [1.165, 1.54) is 6.07 Å². The summed E-state index contributed by atoms with van der Waals surface area (Å²) in [5, 5.41) is 3.29. The fourth-order valence-electron chi connectivity index (χ4n) is 2.71. The number of methoxy groups -OCH3 is 1. The summed E-state index contributed by atoms with van der Waals surface area (Å²) in [5.41, 5.74) is 1.71. The number of benzene rings is 1. The van der Waals surface area contributed by atoms with Crippen molar-refractivity contribution in [2.75, 3.05) is 44.9 Å². The molecule has 1 heterocycles. The lowest BCUT2D eigenvalue weighted by molar-refractivity contribution is 0.0925. The van der Waals surface area contributed by atoms with Gasteiger partial charge in [-0.2, -0.15) is 0 Å². The van der Waals surface area contributed by atoms with Crippen molar-refractivity contribution >= 4 is 5.69 Å². The summed E-state index contributed by atoms with van der Waals surface area (Å²) in [6.45, 7) is 6.23. The third-order valence-electron chi connectivity index (χ3n) is 3.85. The molecule has 0 spiro atoms. The number of ether oxygens (including phenoxy) is 2. The Kier molecular flexibility index (Phi) is 6.42. The number of morpholine rings is 1. The molecule has 0 radical (unpaired) electrons. The van der Waals surface area contributed by atoms with Crippen LogP contribution in [0.25, 0.3) is 0 Å². The molecule has 1 unspecified atom stereocenters. The Labute approximate surface area is 126 Å². The number of nitrogens with one attached hydrogen (secondary N) is 1. The quantitative estimate of drug-likeness (QED) is 0.782. The van der Waals surface area contributed by atoms with Gasteiger partial charge in [-0.25, -0.2) is 4.39 Å². The zero-order valence-corrected chi connectivity index (χ0v) is 12.9. The summed E-state index contributed by atoms with van der Waals surface area (Å²) >= 11 is 0. The van der Waals surface area contributed by atoms with E-state index in [9.17, 15) is 4.39 Å². The summed E-state index contributed by atoms with van der Waals surface area (Å²) in [6.07, 6.45) is 0.949. The fourth-order valence-corrected chi connectivity index (χ4v) is 2.71. The lowest BCUT2D eigenvalue weighted by Crippen LogP contribution is -2.46. The number of hydrogen-bond acceptors (Lipinski definition) is 4. The van der Waals surface area contributed by atoms with Crippen LogP contribution >= 0.6 is 0 Å². The molecule has 0 aliphatic carbocycles. The van der Waals surface area contributed by atoms with E-state index >= 15 is 0 Å². The van der Waals surface area contributed by atoms with Gasteiger partial charge in [0.1, 0.15) is 5.82 Å². The minimum Gasteiger partial charge on any atom is -0.383 e. The summed E-state index contributed by atoms with van der Waals surface area (Å²) in [7, 11) is 1.68. The van der Waals surface area contributed by atoms with Gasteiger partial charge in [-0.05, 0) is 18.1 Å². The topological polar surface area (TPSA) is 33.7 Å². The Balaban J connectivity index is 2.16. The highest BCUT2D eigenvalue weighted by Gasteiger charge is 2.25. The number of rotatable bonds is 7. The minimum atomic E-state index is -0.151. The molecule has 0 bridgehead atoms. The lowest BCUT2D eigenvalue weighted by Gasteiger charge is -2.38. The second-order valence-electron chi connectivity index (χ2n) is 5.25. The van der Waals surface area contributed by atoms with Gasteiger partial charge < -0.3 is 19.7 Å². The highest BCUT2D eigenvalue weighted by molar-refractivity contribution is 5.56. The molecule has 21 heavy (non-hydrogen) atoms. The normalized spacial score (nSPS) is 19.0. The van der Waals surface area contributed by atoms with Gasteiger partial charge in [0.15, 0.2) is 0 Å². The first-order chi connectivity index (χ1) is 10.3. The molecule has 1 aliphatic rings. The Morgan fingerprint density at radius 2 is 2.33 bits per heavy atom. The average Bonchev–Trinajstić information content (AvgIpc) is 2.52. The second-order valence-corrected chi connectivity index (χ2v) is 5.25. The van der Waals surface area contributed by atoms with Crippen molar-refractivity contribution in [1.82, 2.24) is 5.32 Å². The van der Waals surface area contributed by atoms with Crippen LogP contribution in [0.1, 0.15) is 18.9 Å². The Morgan fingerprint density at radius 3 is 3.10 bits per heavy atom. The molecule has 1 fully saturated rings. The van der Waals surface area contributed by atoms with Crippen molar-refractivity contribution in [3.63, 3.8) is 0 Å². The molecule has 1 aromatic carbocycles. The predicted octanol–water partition coefficient (Wildman–Crippen LogP) is 2.18. The molecule has 1 N–H and O–H groups in total. The highest BCUT2D eigenvalue weighted by atomic mass is 19.1. The maximum Gasteiger partial charge on any atom is 0.146 e. The molecular formula is C16H25FN2O2. The third kappa shape index (κ3) is 4.15. The summed E-state index contributed by atoms with van der Waals surface area (Å²) in [5.74, 6) is -0.151. The SMILES string of the molecule is CCC1COCCN1c1c(F)cccc1CNCCOC. The van der Waals surface area contributed by atoms with Crippen LogP contribution in [0.5, 0.6) is 0 Å². The van der Waals surface area contributed by atoms with E-state index in [0.29, 0.717) is 26.4 Å². The lowest BCUT2D eigenvalue weighted by atomic mass is 10.1. The molecular weight excluding hydrogens is 271 g/mol. The monoisotopic (exact) mass is 296 g/mol. The maximum absolute atomic E-state index is 14.4. The maximum atomic E-state index is 14.4. The van der Waals surface area contributed by atoms with Gasteiger partial charge in [0.25, 0.3) is 0 Å². The summed E-state index contributed by atoms with van der Waals surface area (Å²) < 4.78 is 24.9. The van der Waals surface area contributed by atoms with Gasteiger partial charge >= 0.3 is 0 Å². The standard InChI is InChI=1S/C16H25FN2O2/c1-3-14-12-21-10-8-19(14)16-13(5-4-6-15(16)17)11-18-7-9-20-2/h4-6,14,18H,3,7-12H2,1-2H3. The van der Waals surface area contributed by atoms with Crippen LogP contribution in [-0.4, -0.2) is 46.1 Å². The van der Waals surface area contributed by atoms with E-state index in [0.717, 1.165) is 30.8 Å². The van der Waals surface area contributed by atoms with Gasteiger partial charge in [0.2, 0.25) is 0 Å². The van der Waals surface area contributed by atoms with Crippen LogP contribution in [0.3, 0.4) is 0 Å². The van der Waals surface area contributed by atoms with Gasteiger partial charge in [-0.1, -0.05) is 19.1 Å². The van der Waals surface area contributed by atoms with Gasteiger partial charge in [-0.3, -0.25) is 0 Å². The van der Waals surface area contributed by atoms with E-state index in [1.807, 2.05) is 6.07 Å². The molecule has 1 aliphatic heterocycles. The van der Waals surface area contributed by atoms with Crippen molar-refractivity contribution in [2.24, 2.45) is 0 Å². The number of hydrogen-bond donors (Lipinski definition) is 1. The molecule has 1 aromatic rings. The first-order valence-corrected chi connectivity index (χ1v) is 7.59. The van der Waals surface area contributed by atoms with Crippen LogP contribution < -0.4 is 10.2 Å². The van der Waals surface area contributed by atoms with E-state index in [-0.39, 0.29) is 11.9 Å². The van der Waals surface area contributed by atoms with E-state index in [4.69, 9.17) is 9.47 Å².